The summed E-state index contributed by atoms with van der Waals surface area (Å²) in [5, 5.41) is 8.70. The third-order valence-corrected chi connectivity index (χ3v) is 4.96. The van der Waals surface area contributed by atoms with Crippen molar-refractivity contribution in [1.29, 1.82) is 0 Å². The van der Waals surface area contributed by atoms with Crippen LogP contribution < -0.4 is 9.64 Å². The second kappa shape index (κ2) is 11.0. The zero-order valence-corrected chi connectivity index (χ0v) is 17.7. The van der Waals surface area contributed by atoms with Gasteiger partial charge in [-0.1, -0.05) is 67.9 Å². The fraction of sp³-hybridized carbons (Fsp3) is 0.231. The van der Waals surface area contributed by atoms with Gasteiger partial charge >= 0.3 is 5.97 Å². The van der Waals surface area contributed by atoms with Crippen molar-refractivity contribution >= 4 is 17.6 Å². The minimum absolute atomic E-state index is 0.133. The number of hydrogen-bond donors (Lipinski definition) is 1. The quantitative estimate of drug-likeness (QED) is 0.470. The van der Waals surface area contributed by atoms with Gasteiger partial charge in [-0.15, -0.1) is 0 Å². The van der Waals surface area contributed by atoms with E-state index in [1.807, 2.05) is 71.6 Å². The molecule has 3 rings (SSSR count). The molecule has 0 spiro atoms. The number of rotatable bonds is 10. The molecular formula is C26H27NO4. The molecule has 1 N–H and O–H groups in total. The SMILES string of the molecule is CCCCC(=O)N(Cc1ccc(-c2ccc(OCC(=O)O)cc2)cc1)c1ccccc1. The first-order valence-electron chi connectivity index (χ1n) is 10.5. The molecule has 5 heteroatoms. The van der Waals surface area contributed by atoms with Gasteiger partial charge in [-0.25, -0.2) is 4.79 Å². The highest BCUT2D eigenvalue weighted by Crippen LogP contribution is 2.24. The molecule has 31 heavy (non-hydrogen) atoms. The van der Waals surface area contributed by atoms with E-state index in [1.54, 1.807) is 12.1 Å². The average Bonchev–Trinajstić information content (AvgIpc) is 2.81. The Morgan fingerprint density at radius 2 is 1.48 bits per heavy atom. The van der Waals surface area contributed by atoms with Crippen molar-refractivity contribution in [2.24, 2.45) is 0 Å². The Morgan fingerprint density at radius 3 is 2.06 bits per heavy atom. The predicted octanol–water partition coefficient (Wildman–Crippen LogP) is 5.54. The largest absolute Gasteiger partial charge is 0.482 e. The zero-order valence-electron chi connectivity index (χ0n) is 17.7. The summed E-state index contributed by atoms with van der Waals surface area (Å²) in [6.07, 6.45) is 2.41. The van der Waals surface area contributed by atoms with Gasteiger partial charge < -0.3 is 14.7 Å². The number of aliphatic carboxylic acids is 1. The van der Waals surface area contributed by atoms with E-state index in [2.05, 4.69) is 6.92 Å². The van der Waals surface area contributed by atoms with Crippen LogP contribution in [0.5, 0.6) is 5.75 Å². The maximum atomic E-state index is 12.8. The first-order chi connectivity index (χ1) is 15.1. The van der Waals surface area contributed by atoms with Crippen LogP contribution in [0.25, 0.3) is 11.1 Å². The molecule has 0 unspecified atom stereocenters. The second-order valence-corrected chi connectivity index (χ2v) is 7.32. The van der Waals surface area contributed by atoms with Crippen LogP contribution >= 0.6 is 0 Å². The molecule has 1 amide bonds. The molecule has 0 radical (unpaired) electrons. The highest BCUT2D eigenvalue weighted by Gasteiger charge is 2.15. The van der Waals surface area contributed by atoms with Gasteiger partial charge in [0.25, 0.3) is 0 Å². The number of unbranched alkanes of at least 4 members (excludes halogenated alkanes) is 1. The predicted molar refractivity (Wildman–Crippen MR) is 122 cm³/mol. The lowest BCUT2D eigenvalue weighted by molar-refractivity contribution is -0.139. The third kappa shape index (κ3) is 6.44. The zero-order chi connectivity index (χ0) is 22.1. The summed E-state index contributed by atoms with van der Waals surface area (Å²) in [7, 11) is 0. The lowest BCUT2D eigenvalue weighted by Crippen LogP contribution is -2.30. The highest BCUT2D eigenvalue weighted by atomic mass is 16.5. The number of carboxylic acid groups (broad SMARTS) is 1. The summed E-state index contributed by atoms with van der Waals surface area (Å²) in [4.78, 5) is 25.3. The van der Waals surface area contributed by atoms with Crippen LogP contribution in [0.15, 0.2) is 78.9 Å². The summed E-state index contributed by atoms with van der Waals surface area (Å²) in [6.45, 7) is 2.25. The molecule has 0 aliphatic rings. The smallest absolute Gasteiger partial charge is 0.341 e. The molecule has 0 saturated heterocycles. The van der Waals surface area contributed by atoms with E-state index in [0.29, 0.717) is 18.7 Å². The molecule has 0 heterocycles. The Labute approximate surface area is 182 Å². The number of carbonyl (C=O) groups excluding carboxylic acids is 1. The number of carbonyl (C=O) groups is 2. The number of ether oxygens (including phenoxy) is 1. The molecule has 160 valence electrons. The first kappa shape index (κ1) is 22.1. The van der Waals surface area contributed by atoms with Crippen molar-refractivity contribution < 1.29 is 19.4 Å². The van der Waals surface area contributed by atoms with E-state index in [-0.39, 0.29) is 12.5 Å². The van der Waals surface area contributed by atoms with Crippen molar-refractivity contribution in [2.75, 3.05) is 11.5 Å². The molecule has 0 aliphatic carbocycles. The van der Waals surface area contributed by atoms with E-state index in [1.165, 1.54) is 0 Å². The number of hydrogen-bond acceptors (Lipinski definition) is 3. The maximum absolute atomic E-state index is 12.8. The Balaban J connectivity index is 1.71. The van der Waals surface area contributed by atoms with Gasteiger partial charge in [-0.05, 0) is 47.4 Å². The van der Waals surface area contributed by atoms with Crippen LogP contribution in [-0.2, 0) is 16.1 Å². The Bertz CT molecular complexity index is 982. The summed E-state index contributed by atoms with van der Waals surface area (Å²) in [6, 6.07) is 25.2. The van der Waals surface area contributed by atoms with Crippen molar-refractivity contribution in [1.82, 2.24) is 0 Å². The van der Waals surface area contributed by atoms with Crippen molar-refractivity contribution in [3.8, 4) is 16.9 Å². The number of benzene rings is 3. The molecule has 0 atom stereocenters. The van der Waals surface area contributed by atoms with Crippen LogP contribution in [-0.4, -0.2) is 23.6 Å². The molecule has 0 bridgehead atoms. The lowest BCUT2D eigenvalue weighted by atomic mass is 10.0. The highest BCUT2D eigenvalue weighted by molar-refractivity contribution is 5.93. The van der Waals surface area contributed by atoms with Gasteiger partial charge in [0.15, 0.2) is 6.61 Å². The normalized spacial score (nSPS) is 10.5. The van der Waals surface area contributed by atoms with Gasteiger partial charge in [0, 0.05) is 12.1 Å². The van der Waals surface area contributed by atoms with Crippen molar-refractivity contribution in [3.05, 3.63) is 84.4 Å². The topological polar surface area (TPSA) is 66.8 Å². The number of carboxylic acids is 1. The van der Waals surface area contributed by atoms with Gasteiger partial charge in [0.1, 0.15) is 5.75 Å². The van der Waals surface area contributed by atoms with Gasteiger partial charge in [-0.3, -0.25) is 4.79 Å². The van der Waals surface area contributed by atoms with E-state index in [0.717, 1.165) is 35.2 Å². The molecule has 0 aliphatic heterocycles. The standard InChI is InChI=1S/C26H27NO4/c1-2-3-9-25(28)27(23-7-5-4-6-8-23)18-20-10-12-21(13-11-20)22-14-16-24(17-15-22)31-19-26(29)30/h4-8,10-17H,2-3,9,18-19H2,1H3,(H,29,30). The van der Waals surface area contributed by atoms with Crippen LogP contribution in [0, 0.1) is 0 Å². The molecule has 0 saturated carbocycles. The summed E-state index contributed by atoms with van der Waals surface area (Å²) < 4.78 is 5.18. The monoisotopic (exact) mass is 417 g/mol. The van der Waals surface area contributed by atoms with Crippen LogP contribution in [0.4, 0.5) is 5.69 Å². The Morgan fingerprint density at radius 1 is 0.871 bits per heavy atom. The average molecular weight is 418 g/mol. The number of para-hydroxylation sites is 1. The van der Waals surface area contributed by atoms with E-state index >= 15 is 0 Å². The summed E-state index contributed by atoms with van der Waals surface area (Å²) >= 11 is 0. The first-order valence-corrected chi connectivity index (χ1v) is 10.5. The van der Waals surface area contributed by atoms with Crippen LogP contribution in [0.3, 0.4) is 0 Å². The number of nitrogens with zero attached hydrogens (tertiary/aromatic N) is 1. The minimum atomic E-state index is -1.00. The Hall–Kier alpha value is -3.60. The molecule has 5 nitrogen and oxygen atoms in total. The molecule has 0 fully saturated rings. The fourth-order valence-corrected chi connectivity index (χ4v) is 3.27. The van der Waals surface area contributed by atoms with Crippen molar-refractivity contribution in [2.45, 2.75) is 32.7 Å². The number of anilines is 1. The molecule has 3 aromatic rings. The van der Waals surface area contributed by atoms with E-state index in [4.69, 9.17) is 9.84 Å². The lowest BCUT2D eigenvalue weighted by Gasteiger charge is -2.23. The van der Waals surface area contributed by atoms with Crippen LogP contribution in [0.1, 0.15) is 31.7 Å². The molecular weight excluding hydrogens is 390 g/mol. The van der Waals surface area contributed by atoms with E-state index in [9.17, 15) is 9.59 Å². The van der Waals surface area contributed by atoms with Gasteiger partial charge in [-0.2, -0.15) is 0 Å². The van der Waals surface area contributed by atoms with Gasteiger partial charge in [0.2, 0.25) is 5.91 Å². The number of amides is 1. The summed E-state index contributed by atoms with van der Waals surface area (Å²) in [5.41, 5.74) is 4.01. The molecule has 0 aromatic heterocycles. The molecule has 3 aromatic carbocycles. The van der Waals surface area contributed by atoms with E-state index < -0.39 is 5.97 Å². The van der Waals surface area contributed by atoms with Crippen molar-refractivity contribution in [3.63, 3.8) is 0 Å². The third-order valence-electron chi connectivity index (χ3n) is 4.96. The van der Waals surface area contributed by atoms with Crippen LogP contribution in [0.2, 0.25) is 0 Å². The van der Waals surface area contributed by atoms with Gasteiger partial charge in [0.05, 0.1) is 6.54 Å². The Kier molecular flexibility index (Phi) is 7.82. The summed E-state index contributed by atoms with van der Waals surface area (Å²) in [5.74, 6) is -0.349. The second-order valence-electron chi connectivity index (χ2n) is 7.32. The maximum Gasteiger partial charge on any atom is 0.341 e. The fourth-order valence-electron chi connectivity index (χ4n) is 3.27. The minimum Gasteiger partial charge on any atom is -0.482 e.